The van der Waals surface area contributed by atoms with Crippen molar-refractivity contribution in [2.45, 2.75) is 111 Å². The van der Waals surface area contributed by atoms with Gasteiger partial charge in [0.1, 0.15) is 12.4 Å². The lowest BCUT2D eigenvalue weighted by Gasteiger charge is -2.52. The van der Waals surface area contributed by atoms with Crippen molar-refractivity contribution in [3.8, 4) is 0 Å². The molecule has 9 atom stereocenters. The number of aliphatic hydroxyl groups is 1. The average molecular weight is 459 g/mol. The highest BCUT2D eigenvalue weighted by Crippen LogP contribution is 2.72. The van der Waals surface area contributed by atoms with Gasteiger partial charge in [-0.25, -0.2) is 0 Å². The summed E-state index contributed by atoms with van der Waals surface area (Å²) in [6, 6.07) is 0. The van der Waals surface area contributed by atoms with Crippen molar-refractivity contribution in [2.24, 2.45) is 46.3 Å². The number of carbonyl (C=O) groups is 2. The molecule has 0 radical (unpaired) electrons. The molecule has 1 N–H and O–H groups in total. The smallest absolute Gasteiger partial charge is 0.302 e. The van der Waals surface area contributed by atoms with Crippen molar-refractivity contribution in [3.63, 3.8) is 0 Å². The van der Waals surface area contributed by atoms with Crippen molar-refractivity contribution in [1.29, 1.82) is 0 Å². The molecule has 0 aromatic rings. The highest BCUT2D eigenvalue weighted by molar-refractivity contribution is 5.66. The van der Waals surface area contributed by atoms with E-state index in [4.69, 9.17) is 4.74 Å². The first kappa shape index (κ1) is 24.9. The zero-order valence-electron chi connectivity index (χ0n) is 21.7. The lowest BCUT2D eigenvalue weighted by Crippen LogP contribution is -2.55. The molecule has 0 aromatic heterocycles. The predicted molar refractivity (Wildman–Crippen MR) is 130 cm³/mol. The summed E-state index contributed by atoms with van der Waals surface area (Å²) < 4.78 is 5.54. The van der Waals surface area contributed by atoms with Gasteiger partial charge in [-0.05, 0) is 93.3 Å². The van der Waals surface area contributed by atoms with Gasteiger partial charge in [0.2, 0.25) is 0 Å². The molecule has 186 valence electrons. The number of allylic oxidation sites excluding steroid dienone is 2. The van der Waals surface area contributed by atoms with Gasteiger partial charge in [-0.15, -0.1) is 0 Å². The summed E-state index contributed by atoms with van der Waals surface area (Å²) in [6.07, 6.45) is 12.3. The number of carbonyl (C=O) groups excluding carboxylic acids is 2. The van der Waals surface area contributed by atoms with Crippen molar-refractivity contribution in [3.05, 3.63) is 11.6 Å². The number of aldehydes is 1. The topological polar surface area (TPSA) is 63.6 Å². The zero-order chi connectivity index (χ0) is 24.2. The summed E-state index contributed by atoms with van der Waals surface area (Å²) in [5, 5.41) is 12.2. The summed E-state index contributed by atoms with van der Waals surface area (Å²) in [7, 11) is 0. The Morgan fingerprint density at radius 3 is 2.45 bits per heavy atom. The van der Waals surface area contributed by atoms with Gasteiger partial charge in [-0.1, -0.05) is 39.3 Å². The van der Waals surface area contributed by atoms with E-state index in [0.717, 1.165) is 44.3 Å². The molecule has 4 rings (SSSR count). The van der Waals surface area contributed by atoms with Crippen molar-refractivity contribution in [2.75, 3.05) is 0 Å². The van der Waals surface area contributed by atoms with E-state index in [-0.39, 0.29) is 34.7 Å². The van der Waals surface area contributed by atoms with E-state index in [2.05, 4.69) is 40.7 Å². The quantitative estimate of drug-likeness (QED) is 0.296. The van der Waals surface area contributed by atoms with E-state index >= 15 is 0 Å². The summed E-state index contributed by atoms with van der Waals surface area (Å²) in [5.41, 5.74) is 0.392. The van der Waals surface area contributed by atoms with E-state index < -0.39 is 5.60 Å². The highest BCUT2D eigenvalue weighted by atomic mass is 16.5. The van der Waals surface area contributed by atoms with Gasteiger partial charge in [0.15, 0.2) is 0 Å². The molecule has 4 aliphatic carbocycles. The first-order chi connectivity index (χ1) is 15.5. The largest absolute Gasteiger partial charge is 0.462 e. The van der Waals surface area contributed by atoms with Crippen LogP contribution in [-0.4, -0.2) is 29.1 Å². The van der Waals surface area contributed by atoms with Crippen LogP contribution in [0.15, 0.2) is 11.6 Å². The number of hydrogen-bond donors (Lipinski definition) is 1. The Bertz CT molecular complexity index is 801. The fraction of sp³-hybridized carbons (Fsp3) is 0.862. The van der Waals surface area contributed by atoms with Gasteiger partial charge < -0.3 is 14.6 Å². The highest BCUT2D eigenvalue weighted by Gasteiger charge is 2.72. The molecule has 4 nitrogen and oxygen atoms in total. The molecular formula is C29H46O4. The van der Waals surface area contributed by atoms with Crippen molar-refractivity contribution < 1.29 is 19.4 Å². The Labute approximate surface area is 200 Å². The van der Waals surface area contributed by atoms with Crippen LogP contribution in [0.2, 0.25) is 0 Å². The summed E-state index contributed by atoms with van der Waals surface area (Å²) in [4.78, 5) is 24.2. The third-order valence-corrected chi connectivity index (χ3v) is 10.9. The first-order valence-electron chi connectivity index (χ1n) is 13.5. The Kier molecular flexibility index (Phi) is 6.66. The molecule has 4 aliphatic rings. The van der Waals surface area contributed by atoms with Crippen LogP contribution in [-0.2, 0) is 14.3 Å². The summed E-state index contributed by atoms with van der Waals surface area (Å²) in [5.74, 6) is 1.74. The molecule has 0 spiro atoms. The Hall–Kier alpha value is -1.16. The van der Waals surface area contributed by atoms with Crippen LogP contribution >= 0.6 is 0 Å². The van der Waals surface area contributed by atoms with Crippen LogP contribution < -0.4 is 0 Å². The molecule has 4 fully saturated rings. The zero-order valence-corrected chi connectivity index (χ0v) is 21.7. The van der Waals surface area contributed by atoms with Crippen molar-refractivity contribution in [1.82, 2.24) is 0 Å². The average Bonchev–Trinajstić information content (AvgIpc) is 3.16. The maximum atomic E-state index is 12.6. The molecule has 0 aliphatic heterocycles. The molecule has 4 saturated carbocycles. The predicted octanol–water partition coefficient (Wildman–Crippen LogP) is 6.11. The molecule has 9 unspecified atom stereocenters. The fourth-order valence-corrected chi connectivity index (χ4v) is 9.21. The third kappa shape index (κ3) is 3.83. The van der Waals surface area contributed by atoms with Crippen LogP contribution in [0.25, 0.3) is 0 Å². The van der Waals surface area contributed by atoms with Gasteiger partial charge in [-0.2, -0.15) is 0 Å². The fourth-order valence-electron chi connectivity index (χ4n) is 9.21. The number of rotatable bonds is 6. The SMILES string of the molecule is CC(=O)OC1CCC2(C)C3CCC4(C)C(C(C)=CCCC(C)C)CCC4C3C(C=O)C2(O)C1. The maximum absolute atomic E-state index is 12.6. The molecule has 33 heavy (non-hydrogen) atoms. The van der Waals surface area contributed by atoms with Crippen LogP contribution in [0.1, 0.15) is 99.3 Å². The Balaban J connectivity index is 1.62. The number of hydrogen-bond acceptors (Lipinski definition) is 4. The molecule has 0 heterocycles. The lowest BCUT2D eigenvalue weighted by molar-refractivity contribution is -0.174. The van der Waals surface area contributed by atoms with Crippen LogP contribution in [0.5, 0.6) is 0 Å². The van der Waals surface area contributed by atoms with E-state index in [1.807, 2.05) is 0 Å². The molecular weight excluding hydrogens is 412 g/mol. The standard InChI is InChI=1S/C29H46O4/c1-18(2)8-7-9-19(3)22-10-11-23-26-24(13-14-27(22,23)5)28(6)15-12-21(33-20(4)31)16-29(28,32)25(26)17-30/h9,17-18,21-26,32H,7-8,10-16H2,1-6H3. The van der Waals surface area contributed by atoms with E-state index in [1.165, 1.54) is 31.8 Å². The second-order valence-corrected chi connectivity index (χ2v) is 12.9. The number of fused-ring (bicyclic) bond motifs is 5. The van der Waals surface area contributed by atoms with Gasteiger partial charge in [0.25, 0.3) is 0 Å². The van der Waals surface area contributed by atoms with Crippen molar-refractivity contribution >= 4 is 12.3 Å². The number of ether oxygens (including phenoxy) is 1. The first-order valence-corrected chi connectivity index (χ1v) is 13.5. The van der Waals surface area contributed by atoms with Gasteiger partial charge in [0, 0.05) is 24.7 Å². The monoisotopic (exact) mass is 458 g/mol. The molecule has 0 saturated heterocycles. The van der Waals surface area contributed by atoms with Gasteiger partial charge in [0.05, 0.1) is 5.60 Å². The number of esters is 1. The van der Waals surface area contributed by atoms with E-state index in [9.17, 15) is 14.7 Å². The second-order valence-electron chi connectivity index (χ2n) is 12.9. The van der Waals surface area contributed by atoms with Crippen LogP contribution in [0.4, 0.5) is 0 Å². The minimum absolute atomic E-state index is 0.205. The Morgan fingerprint density at radius 1 is 1.09 bits per heavy atom. The molecule has 0 bridgehead atoms. The minimum Gasteiger partial charge on any atom is -0.462 e. The van der Waals surface area contributed by atoms with Crippen LogP contribution in [0.3, 0.4) is 0 Å². The third-order valence-electron chi connectivity index (χ3n) is 10.9. The lowest BCUT2D eigenvalue weighted by atomic mass is 9.53. The molecule has 0 aromatic carbocycles. The van der Waals surface area contributed by atoms with E-state index in [0.29, 0.717) is 24.2 Å². The maximum Gasteiger partial charge on any atom is 0.302 e. The molecule has 0 amide bonds. The van der Waals surface area contributed by atoms with Crippen LogP contribution in [0, 0.1) is 46.3 Å². The second kappa shape index (κ2) is 8.81. The molecule has 4 heteroatoms. The summed E-state index contributed by atoms with van der Waals surface area (Å²) in [6.45, 7) is 13.0. The van der Waals surface area contributed by atoms with Gasteiger partial charge >= 0.3 is 5.97 Å². The van der Waals surface area contributed by atoms with E-state index in [1.54, 1.807) is 0 Å². The minimum atomic E-state index is -1.08. The normalized spacial score (nSPS) is 47.1. The summed E-state index contributed by atoms with van der Waals surface area (Å²) >= 11 is 0. The van der Waals surface area contributed by atoms with Gasteiger partial charge in [-0.3, -0.25) is 4.79 Å². The Morgan fingerprint density at radius 2 is 1.82 bits per heavy atom.